The Kier molecular flexibility index (Phi) is 5.85. The molecular formula is C44H29N3S. The second kappa shape index (κ2) is 10.3. The lowest BCUT2D eigenvalue weighted by atomic mass is 9.90. The topological polar surface area (TPSA) is 33.6 Å². The van der Waals surface area contributed by atoms with Gasteiger partial charge in [-0.3, -0.25) is 0 Å². The molecule has 0 saturated carbocycles. The Bertz CT molecular complexity index is 2840. The molecule has 0 fully saturated rings. The molecule has 1 aliphatic rings. The number of thiophene rings is 1. The lowest BCUT2D eigenvalue weighted by molar-refractivity contribution is 0.773. The van der Waals surface area contributed by atoms with Gasteiger partial charge in [0.25, 0.3) is 0 Å². The van der Waals surface area contributed by atoms with Crippen molar-refractivity contribution in [3.63, 3.8) is 0 Å². The monoisotopic (exact) mass is 631 g/mol. The molecule has 0 saturated heterocycles. The molecule has 0 amide bonds. The lowest BCUT2D eigenvalue weighted by Gasteiger charge is -2.20. The Morgan fingerprint density at radius 1 is 0.688 bits per heavy atom. The van der Waals surface area contributed by atoms with Gasteiger partial charge in [0.2, 0.25) is 0 Å². The number of hydrogen-bond donors (Lipinski definition) is 0. The van der Waals surface area contributed by atoms with E-state index in [-0.39, 0.29) is 0 Å². The molecule has 0 radical (unpaired) electrons. The van der Waals surface area contributed by atoms with Gasteiger partial charge in [0.15, 0.2) is 0 Å². The second-order valence-corrected chi connectivity index (χ2v) is 13.9. The summed E-state index contributed by atoms with van der Waals surface area (Å²) in [5.74, 6) is 0.400. The van der Waals surface area contributed by atoms with E-state index in [1.807, 2.05) is 23.5 Å². The lowest BCUT2D eigenvalue weighted by Crippen LogP contribution is -2.06. The van der Waals surface area contributed by atoms with Gasteiger partial charge in [0, 0.05) is 47.6 Å². The first-order chi connectivity index (χ1) is 23.7. The molecule has 0 unspecified atom stereocenters. The van der Waals surface area contributed by atoms with Gasteiger partial charge in [0.05, 0.1) is 33.5 Å². The highest BCUT2D eigenvalue weighted by Crippen LogP contribution is 2.46. The van der Waals surface area contributed by atoms with Gasteiger partial charge in [-0.1, -0.05) is 97.9 Å². The van der Waals surface area contributed by atoms with Crippen molar-refractivity contribution in [2.24, 2.45) is 0 Å². The summed E-state index contributed by atoms with van der Waals surface area (Å²) >= 11 is 1.88. The number of nitriles is 1. The van der Waals surface area contributed by atoms with Crippen LogP contribution in [0.25, 0.3) is 81.5 Å². The highest BCUT2D eigenvalue weighted by atomic mass is 32.1. The van der Waals surface area contributed by atoms with Crippen LogP contribution in [0.5, 0.6) is 0 Å². The summed E-state index contributed by atoms with van der Waals surface area (Å²) in [4.78, 5) is 0. The van der Waals surface area contributed by atoms with Gasteiger partial charge in [-0.05, 0) is 72.0 Å². The highest BCUT2D eigenvalue weighted by Gasteiger charge is 2.26. The number of para-hydroxylation sites is 3. The minimum Gasteiger partial charge on any atom is -0.309 e. The normalized spacial score (nSPS) is 14.4. The third kappa shape index (κ3) is 3.74. The van der Waals surface area contributed by atoms with Crippen molar-refractivity contribution in [3.8, 4) is 28.6 Å². The number of allylic oxidation sites excluding steroid dienone is 1. The maximum Gasteiger partial charge on any atom is 0.101 e. The first kappa shape index (κ1) is 27.2. The fourth-order valence-corrected chi connectivity index (χ4v) is 9.38. The first-order valence-corrected chi connectivity index (χ1v) is 17.3. The molecule has 0 aliphatic heterocycles. The SMILES string of the molecule is C[C@H]1CC=Cc2c1c1ccccc1n2-c1c(C#N)cccc1-c1ccc2c3c4sc5ccccc5c4ccc3n(-c3ccccc3)c2c1. The Morgan fingerprint density at radius 3 is 2.35 bits per heavy atom. The number of fused-ring (bicyclic) bond motifs is 10. The van der Waals surface area contributed by atoms with E-state index in [0.29, 0.717) is 11.5 Å². The fourth-order valence-electron chi connectivity index (χ4n) is 8.12. The van der Waals surface area contributed by atoms with Crippen LogP contribution in [0.3, 0.4) is 0 Å². The van der Waals surface area contributed by atoms with Crippen LogP contribution in [-0.4, -0.2) is 9.13 Å². The van der Waals surface area contributed by atoms with Crippen molar-refractivity contribution in [1.29, 1.82) is 5.26 Å². The van der Waals surface area contributed by atoms with E-state index in [2.05, 4.69) is 150 Å². The van der Waals surface area contributed by atoms with Crippen LogP contribution >= 0.6 is 11.3 Å². The molecule has 0 bridgehead atoms. The minimum atomic E-state index is 0.400. The first-order valence-electron chi connectivity index (χ1n) is 16.5. The quantitative estimate of drug-likeness (QED) is 0.191. The van der Waals surface area contributed by atoms with E-state index in [1.54, 1.807) is 0 Å². The van der Waals surface area contributed by atoms with Crippen LogP contribution in [-0.2, 0) is 0 Å². The van der Waals surface area contributed by atoms with E-state index in [4.69, 9.17) is 0 Å². The second-order valence-electron chi connectivity index (χ2n) is 12.8. The standard InChI is InChI=1S/C44H29N3S/c1-27-11-9-19-37-41(27)34-16-5-7-18-36(34)47(37)43-29(26-45)12-10-17-31(43)28-21-22-35-39(25-28)46(30-13-3-2-4-14-30)38-24-23-33-32-15-6-8-20-40(32)48-44(33)42(35)38/h2-10,12-25,27H,11H2,1H3/t27-/m0/s1. The van der Waals surface area contributed by atoms with E-state index in [0.717, 1.165) is 40.0 Å². The van der Waals surface area contributed by atoms with E-state index in [9.17, 15) is 5.26 Å². The third-order valence-electron chi connectivity index (χ3n) is 10.2. The molecule has 226 valence electrons. The molecule has 3 nitrogen and oxygen atoms in total. The molecular weight excluding hydrogens is 603 g/mol. The molecule has 3 heterocycles. The van der Waals surface area contributed by atoms with Crippen molar-refractivity contribution < 1.29 is 0 Å². The Morgan fingerprint density at radius 2 is 1.48 bits per heavy atom. The van der Waals surface area contributed by atoms with Gasteiger partial charge < -0.3 is 9.13 Å². The van der Waals surface area contributed by atoms with Crippen molar-refractivity contribution in [2.75, 3.05) is 0 Å². The third-order valence-corrected chi connectivity index (χ3v) is 11.4. The zero-order valence-corrected chi connectivity index (χ0v) is 27.1. The van der Waals surface area contributed by atoms with Crippen LogP contribution in [0.2, 0.25) is 0 Å². The number of hydrogen-bond acceptors (Lipinski definition) is 2. The molecule has 48 heavy (non-hydrogen) atoms. The van der Waals surface area contributed by atoms with Crippen molar-refractivity contribution >= 4 is 70.3 Å². The number of aromatic nitrogens is 2. The predicted octanol–water partition coefficient (Wildman–Crippen LogP) is 12.2. The summed E-state index contributed by atoms with van der Waals surface area (Å²) in [5, 5.41) is 16.9. The maximum atomic E-state index is 10.6. The van der Waals surface area contributed by atoms with Crippen LogP contribution in [0.4, 0.5) is 0 Å². The van der Waals surface area contributed by atoms with Crippen LogP contribution in [0.15, 0.2) is 133 Å². The summed E-state index contributed by atoms with van der Waals surface area (Å²) in [5.41, 5.74) is 10.9. The average molecular weight is 632 g/mol. The molecule has 1 atom stereocenters. The molecule has 0 N–H and O–H groups in total. The van der Waals surface area contributed by atoms with E-state index < -0.39 is 0 Å². The van der Waals surface area contributed by atoms with Crippen molar-refractivity contribution in [1.82, 2.24) is 9.13 Å². The Hall–Kier alpha value is -5.89. The van der Waals surface area contributed by atoms with Gasteiger partial charge in [-0.2, -0.15) is 5.26 Å². The van der Waals surface area contributed by atoms with Gasteiger partial charge in [-0.15, -0.1) is 11.3 Å². The smallest absolute Gasteiger partial charge is 0.101 e. The molecule has 4 heteroatoms. The molecule has 0 spiro atoms. The average Bonchev–Trinajstić information content (AvgIpc) is 3.79. The highest BCUT2D eigenvalue weighted by molar-refractivity contribution is 7.26. The molecule has 10 rings (SSSR count). The van der Waals surface area contributed by atoms with E-state index >= 15 is 0 Å². The predicted molar refractivity (Wildman–Crippen MR) is 203 cm³/mol. The zero-order valence-electron chi connectivity index (χ0n) is 26.3. The van der Waals surface area contributed by atoms with Crippen molar-refractivity contribution in [3.05, 3.63) is 150 Å². The zero-order chi connectivity index (χ0) is 31.9. The Labute approximate surface area is 281 Å². The number of nitrogens with zero attached hydrogens (tertiary/aromatic N) is 3. The molecule has 1 aliphatic carbocycles. The summed E-state index contributed by atoms with van der Waals surface area (Å²) in [6.07, 6.45) is 5.54. The Balaban J connectivity index is 1.31. The minimum absolute atomic E-state index is 0.400. The maximum absolute atomic E-state index is 10.6. The molecule has 6 aromatic carbocycles. The number of benzene rings is 6. The van der Waals surface area contributed by atoms with Crippen LogP contribution in [0, 0.1) is 11.3 Å². The van der Waals surface area contributed by atoms with Crippen LogP contribution < -0.4 is 0 Å². The number of rotatable bonds is 3. The van der Waals surface area contributed by atoms with Crippen molar-refractivity contribution in [2.45, 2.75) is 19.3 Å². The fraction of sp³-hybridized carbons (Fsp3) is 0.0682. The summed E-state index contributed by atoms with van der Waals surface area (Å²) in [7, 11) is 0. The van der Waals surface area contributed by atoms with Crippen LogP contribution in [0.1, 0.15) is 36.1 Å². The van der Waals surface area contributed by atoms with Gasteiger partial charge in [-0.25, -0.2) is 0 Å². The summed E-state index contributed by atoms with van der Waals surface area (Å²) < 4.78 is 7.37. The van der Waals surface area contributed by atoms with Gasteiger partial charge >= 0.3 is 0 Å². The summed E-state index contributed by atoms with van der Waals surface area (Å²) in [6.45, 7) is 2.31. The molecule has 3 aromatic heterocycles. The largest absolute Gasteiger partial charge is 0.309 e. The molecule has 9 aromatic rings. The summed E-state index contributed by atoms with van der Waals surface area (Å²) in [6, 6.07) is 48.2. The van der Waals surface area contributed by atoms with E-state index in [1.165, 1.54) is 53.1 Å². The van der Waals surface area contributed by atoms with Gasteiger partial charge in [0.1, 0.15) is 6.07 Å².